The highest BCUT2D eigenvalue weighted by Gasteiger charge is 2.19. The van der Waals surface area contributed by atoms with Crippen LogP contribution in [-0.4, -0.2) is 19.2 Å². The fourth-order valence-electron chi connectivity index (χ4n) is 1.70. The van der Waals surface area contributed by atoms with Gasteiger partial charge in [-0.05, 0) is 23.8 Å². The minimum atomic E-state index is -0.916. The molecule has 0 fully saturated rings. The molecule has 3 nitrogen and oxygen atoms in total. The summed E-state index contributed by atoms with van der Waals surface area (Å²) in [7, 11) is 1.47. The average Bonchev–Trinajstić information content (AvgIpc) is 2.39. The van der Waals surface area contributed by atoms with Crippen LogP contribution < -0.4 is 0 Å². The Morgan fingerprint density at radius 2 is 2.16 bits per heavy atom. The fourth-order valence-corrected chi connectivity index (χ4v) is 1.70. The zero-order valence-electron chi connectivity index (χ0n) is 10.2. The molecule has 19 heavy (non-hydrogen) atoms. The summed E-state index contributed by atoms with van der Waals surface area (Å²) < 4.78 is 35.8. The highest BCUT2D eigenvalue weighted by Crippen LogP contribution is 2.18. The SMILES string of the molecule is COC1=CC(=O)OC(/C=C/c2ccc(F)c(F)c2)C1. The van der Waals surface area contributed by atoms with Crippen molar-refractivity contribution in [2.24, 2.45) is 0 Å². The Labute approximate surface area is 109 Å². The first kappa shape index (κ1) is 13.3. The lowest BCUT2D eigenvalue weighted by molar-refractivity contribution is -0.142. The van der Waals surface area contributed by atoms with Gasteiger partial charge >= 0.3 is 5.97 Å². The van der Waals surface area contributed by atoms with Gasteiger partial charge in [-0.1, -0.05) is 12.1 Å². The molecule has 1 aromatic carbocycles. The minimum absolute atomic E-state index is 0.419. The molecule has 0 saturated carbocycles. The molecular weight excluding hydrogens is 254 g/mol. The van der Waals surface area contributed by atoms with Crippen molar-refractivity contribution in [2.45, 2.75) is 12.5 Å². The van der Waals surface area contributed by atoms with Crippen LogP contribution >= 0.6 is 0 Å². The summed E-state index contributed by atoms with van der Waals surface area (Å²) in [5.41, 5.74) is 0.489. The van der Waals surface area contributed by atoms with Crippen LogP contribution in [0, 0.1) is 11.6 Å². The third-order valence-electron chi connectivity index (χ3n) is 2.66. The molecule has 1 aromatic rings. The molecule has 0 aliphatic carbocycles. The van der Waals surface area contributed by atoms with Gasteiger partial charge in [0.2, 0.25) is 0 Å². The van der Waals surface area contributed by atoms with Gasteiger partial charge in [-0.3, -0.25) is 0 Å². The summed E-state index contributed by atoms with van der Waals surface area (Å²) >= 11 is 0. The molecule has 0 spiro atoms. The highest BCUT2D eigenvalue weighted by molar-refractivity contribution is 5.83. The Kier molecular flexibility index (Phi) is 3.94. The number of benzene rings is 1. The second-order valence-electron chi connectivity index (χ2n) is 4.03. The second-order valence-corrected chi connectivity index (χ2v) is 4.03. The van der Waals surface area contributed by atoms with Gasteiger partial charge in [-0.15, -0.1) is 0 Å². The number of halogens is 2. The topological polar surface area (TPSA) is 35.5 Å². The first-order valence-corrected chi connectivity index (χ1v) is 5.67. The summed E-state index contributed by atoms with van der Waals surface area (Å²) in [4.78, 5) is 11.2. The van der Waals surface area contributed by atoms with Gasteiger partial charge in [0.15, 0.2) is 11.6 Å². The molecule has 5 heteroatoms. The van der Waals surface area contributed by atoms with E-state index in [1.54, 1.807) is 12.2 Å². The number of rotatable bonds is 3. The van der Waals surface area contributed by atoms with E-state index in [0.717, 1.165) is 12.1 Å². The monoisotopic (exact) mass is 266 g/mol. The van der Waals surface area contributed by atoms with Crippen molar-refractivity contribution in [3.63, 3.8) is 0 Å². The third kappa shape index (κ3) is 3.40. The van der Waals surface area contributed by atoms with E-state index in [0.29, 0.717) is 17.7 Å². The second kappa shape index (κ2) is 5.65. The summed E-state index contributed by atoms with van der Waals surface area (Å²) in [5, 5.41) is 0. The fraction of sp³-hybridized carbons (Fsp3) is 0.214. The Morgan fingerprint density at radius 3 is 2.84 bits per heavy atom. The number of methoxy groups -OCH3 is 1. The van der Waals surface area contributed by atoms with E-state index in [-0.39, 0.29) is 0 Å². The van der Waals surface area contributed by atoms with Gasteiger partial charge in [0, 0.05) is 6.42 Å². The molecule has 1 atom stereocenters. The maximum atomic E-state index is 13.0. The molecule has 1 unspecified atom stereocenters. The predicted octanol–water partition coefficient (Wildman–Crippen LogP) is 2.82. The number of carbonyl (C=O) groups excluding carboxylic acids is 1. The zero-order valence-corrected chi connectivity index (χ0v) is 10.2. The molecule has 1 heterocycles. The van der Waals surface area contributed by atoms with Crippen molar-refractivity contribution in [3.05, 3.63) is 53.3 Å². The van der Waals surface area contributed by atoms with Crippen LogP contribution in [0.25, 0.3) is 6.08 Å². The Hall–Kier alpha value is -2.17. The lowest BCUT2D eigenvalue weighted by Crippen LogP contribution is -2.21. The number of hydrogen-bond donors (Lipinski definition) is 0. The highest BCUT2D eigenvalue weighted by atomic mass is 19.2. The molecule has 0 N–H and O–H groups in total. The molecule has 1 aliphatic heterocycles. The third-order valence-corrected chi connectivity index (χ3v) is 2.66. The molecule has 0 amide bonds. The van der Waals surface area contributed by atoms with Gasteiger partial charge in [0.25, 0.3) is 0 Å². The first-order chi connectivity index (χ1) is 9.08. The van der Waals surface area contributed by atoms with E-state index in [1.807, 2.05) is 0 Å². The van der Waals surface area contributed by atoms with E-state index in [9.17, 15) is 13.6 Å². The largest absolute Gasteiger partial charge is 0.501 e. The number of ether oxygens (including phenoxy) is 2. The minimum Gasteiger partial charge on any atom is -0.501 e. The van der Waals surface area contributed by atoms with Crippen LogP contribution in [0.5, 0.6) is 0 Å². The predicted molar refractivity (Wildman–Crippen MR) is 65.0 cm³/mol. The summed E-state index contributed by atoms with van der Waals surface area (Å²) in [5.74, 6) is -1.77. The van der Waals surface area contributed by atoms with Crippen LogP contribution in [0.4, 0.5) is 8.78 Å². The molecule has 100 valence electrons. The smallest absolute Gasteiger partial charge is 0.334 e. The quantitative estimate of drug-likeness (QED) is 0.789. The van der Waals surface area contributed by atoms with Crippen molar-refractivity contribution in [2.75, 3.05) is 7.11 Å². The molecule has 0 bridgehead atoms. The summed E-state index contributed by atoms with van der Waals surface area (Å²) in [6.07, 6.45) is 4.40. The Morgan fingerprint density at radius 1 is 1.37 bits per heavy atom. The van der Waals surface area contributed by atoms with Crippen LogP contribution in [0.3, 0.4) is 0 Å². The van der Waals surface area contributed by atoms with Gasteiger partial charge in [0.1, 0.15) is 11.9 Å². The first-order valence-electron chi connectivity index (χ1n) is 5.67. The summed E-state index contributed by atoms with van der Waals surface area (Å²) in [6.45, 7) is 0. The van der Waals surface area contributed by atoms with Crippen molar-refractivity contribution in [3.8, 4) is 0 Å². The van der Waals surface area contributed by atoms with Crippen LogP contribution in [-0.2, 0) is 14.3 Å². The maximum Gasteiger partial charge on any atom is 0.334 e. The zero-order chi connectivity index (χ0) is 13.8. The molecule has 0 aromatic heterocycles. The van der Waals surface area contributed by atoms with Gasteiger partial charge < -0.3 is 9.47 Å². The average molecular weight is 266 g/mol. The van der Waals surface area contributed by atoms with E-state index in [4.69, 9.17) is 9.47 Å². The number of cyclic esters (lactones) is 1. The van der Waals surface area contributed by atoms with Gasteiger partial charge in [0.05, 0.1) is 13.2 Å². The molecule has 0 radical (unpaired) electrons. The number of hydrogen-bond acceptors (Lipinski definition) is 3. The molecular formula is C14H12F2O3. The summed E-state index contributed by atoms with van der Waals surface area (Å²) in [6, 6.07) is 3.55. The molecule has 2 rings (SSSR count). The Balaban J connectivity index is 2.08. The standard InChI is InChI=1S/C14H12F2O3/c1-18-11-7-10(19-14(17)8-11)4-2-9-3-5-12(15)13(16)6-9/h2-6,8,10H,7H2,1H3/b4-2+. The van der Waals surface area contributed by atoms with E-state index in [2.05, 4.69) is 0 Å². The van der Waals surface area contributed by atoms with E-state index < -0.39 is 23.7 Å². The van der Waals surface area contributed by atoms with Crippen LogP contribution in [0.2, 0.25) is 0 Å². The van der Waals surface area contributed by atoms with Gasteiger partial charge in [-0.2, -0.15) is 0 Å². The number of esters is 1. The van der Waals surface area contributed by atoms with Crippen molar-refractivity contribution in [1.29, 1.82) is 0 Å². The maximum absolute atomic E-state index is 13.0. The van der Waals surface area contributed by atoms with Crippen LogP contribution in [0.1, 0.15) is 12.0 Å². The van der Waals surface area contributed by atoms with Crippen molar-refractivity contribution < 1.29 is 23.0 Å². The molecule has 1 aliphatic rings. The van der Waals surface area contributed by atoms with E-state index >= 15 is 0 Å². The Bertz CT molecular complexity index is 550. The van der Waals surface area contributed by atoms with Crippen LogP contribution in [0.15, 0.2) is 36.1 Å². The van der Waals surface area contributed by atoms with Crippen molar-refractivity contribution >= 4 is 12.0 Å². The van der Waals surface area contributed by atoms with E-state index in [1.165, 1.54) is 19.3 Å². The normalized spacial score (nSPS) is 19.2. The van der Waals surface area contributed by atoms with Crippen molar-refractivity contribution in [1.82, 2.24) is 0 Å². The lowest BCUT2D eigenvalue weighted by atomic mass is 10.1. The number of carbonyl (C=O) groups is 1. The van der Waals surface area contributed by atoms with Gasteiger partial charge in [-0.25, -0.2) is 13.6 Å². The molecule has 0 saturated heterocycles. The lowest BCUT2D eigenvalue weighted by Gasteiger charge is -2.19.